The molecular formula is C29H40N6O6. The van der Waals surface area contributed by atoms with Crippen LogP contribution >= 0.6 is 0 Å². The standard InChI is InChI=1S/C29H40N6O6/c1-6-16-39-26(37)22-10-9-21-23(24(22)36)31-27(40-18-20-8-7-13-33(20)5)32-25(21)34-14-15-35(19(17-34)11-12-30)28(38)41-29(2,3)4/h6,19-20,22H,1,7-11,13-18H2,2-5H3. The SMILES string of the molecule is C=CCOC(=O)C1CCc2c(nc(OCC3CCCN3C)nc2N2CCN(C(=O)OC(C)(C)C)C(CC#N)C2)C1=O. The number of aromatic nitrogens is 2. The average Bonchev–Trinajstić information content (AvgIpc) is 3.34. The number of hydrogen-bond donors (Lipinski definition) is 0. The molecule has 1 aromatic heterocycles. The zero-order valence-corrected chi connectivity index (χ0v) is 24.4. The van der Waals surface area contributed by atoms with Crippen molar-refractivity contribution in [2.24, 2.45) is 5.92 Å². The normalized spacial score (nSPS) is 23.0. The number of fused-ring (bicyclic) bond motifs is 1. The fraction of sp³-hybridized carbons (Fsp3) is 0.655. The molecule has 0 spiro atoms. The molecule has 0 N–H and O–H groups in total. The average molecular weight is 569 g/mol. The Morgan fingerprint density at radius 3 is 2.61 bits per heavy atom. The number of likely N-dealkylation sites (tertiary alicyclic amines) is 1. The van der Waals surface area contributed by atoms with Gasteiger partial charge in [0, 0.05) is 31.2 Å². The number of esters is 1. The summed E-state index contributed by atoms with van der Waals surface area (Å²) in [7, 11) is 2.04. The Labute approximate surface area is 241 Å². The highest BCUT2D eigenvalue weighted by molar-refractivity contribution is 6.09. The number of hydrogen-bond acceptors (Lipinski definition) is 11. The summed E-state index contributed by atoms with van der Waals surface area (Å²) in [6.45, 7) is 11.4. The fourth-order valence-electron chi connectivity index (χ4n) is 5.51. The molecule has 4 rings (SSSR count). The van der Waals surface area contributed by atoms with E-state index >= 15 is 0 Å². The molecule has 0 radical (unpaired) electrons. The Kier molecular flexibility index (Phi) is 9.48. The van der Waals surface area contributed by atoms with Crippen LogP contribution in [0.2, 0.25) is 0 Å². The number of carbonyl (C=O) groups excluding carboxylic acids is 3. The summed E-state index contributed by atoms with van der Waals surface area (Å²) in [5, 5.41) is 9.52. The molecule has 41 heavy (non-hydrogen) atoms. The Bertz CT molecular complexity index is 1210. The van der Waals surface area contributed by atoms with E-state index < -0.39 is 35.4 Å². The van der Waals surface area contributed by atoms with Crippen LogP contribution in [0.15, 0.2) is 12.7 Å². The number of carbonyl (C=O) groups is 3. The van der Waals surface area contributed by atoms with Gasteiger partial charge in [-0.3, -0.25) is 9.59 Å². The Hall–Kier alpha value is -3.72. The molecule has 2 fully saturated rings. The second-order valence-corrected chi connectivity index (χ2v) is 11.8. The van der Waals surface area contributed by atoms with Crippen LogP contribution in [-0.4, -0.2) is 102 Å². The van der Waals surface area contributed by atoms with Crippen LogP contribution in [0.25, 0.3) is 0 Å². The number of Topliss-reactive ketones (excluding diaryl/α,β-unsaturated/α-hetero) is 1. The van der Waals surface area contributed by atoms with E-state index in [0.717, 1.165) is 19.4 Å². The van der Waals surface area contributed by atoms with Gasteiger partial charge in [-0.05, 0) is 60.0 Å². The molecule has 3 aliphatic rings. The fourth-order valence-corrected chi connectivity index (χ4v) is 5.51. The third-order valence-corrected chi connectivity index (χ3v) is 7.64. The molecule has 3 heterocycles. The van der Waals surface area contributed by atoms with Gasteiger partial charge in [0.15, 0.2) is 5.78 Å². The third kappa shape index (κ3) is 7.14. The largest absolute Gasteiger partial charge is 0.462 e. The number of amides is 1. The maximum absolute atomic E-state index is 13.6. The summed E-state index contributed by atoms with van der Waals surface area (Å²) in [4.78, 5) is 54.1. The van der Waals surface area contributed by atoms with E-state index in [0.29, 0.717) is 44.0 Å². The van der Waals surface area contributed by atoms with E-state index in [-0.39, 0.29) is 37.2 Å². The number of ketones is 1. The maximum atomic E-state index is 13.6. The quantitative estimate of drug-likeness (QED) is 0.260. The summed E-state index contributed by atoms with van der Waals surface area (Å²) in [6.07, 6.45) is 3.83. The lowest BCUT2D eigenvalue weighted by Gasteiger charge is -2.42. The number of anilines is 1. The summed E-state index contributed by atoms with van der Waals surface area (Å²) < 4.78 is 16.8. The first kappa shape index (κ1) is 30.2. The van der Waals surface area contributed by atoms with Crippen LogP contribution in [0.3, 0.4) is 0 Å². The van der Waals surface area contributed by atoms with E-state index in [9.17, 15) is 19.6 Å². The Balaban J connectivity index is 1.63. The number of rotatable bonds is 8. The van der Waals surface area contributed by atoms with Crippen molar-refractivity contribution in [3.05, 3.63) is 23.9 Å². The van der Waals surface area contributed by atoms with Crippen LogP contribution in [-0.2, 0) is 20.7 Å². The van der Waals surface area contributed by atoms with E-state index in [1.807, 2.05) is 11.9 Å². The van der Waals surface area contributed by atoms with Gasteiger partial charge in [0.2, 0.25) is 0 Å². The molecule has 12 nitrogen and oxygen atoms in total. The topological polar surface area (TPSA) is 138 Å². The maximum Gasteiger partial charge on any atom is 0.410 e. The first-order valence-corrected chi connectivity index (χ1v) is 14.2. The molecule has 0 aromatic carbocycles. The Morgan fingerprint density at radius 1 is 1.17 bits per heavy atom. The van der Waals surface area contributed by atoms with Gasteiger partial charge in [-0.1, -0.05) is 12.7 Å². The van der Waals surface area contributed by atoms with E-state index in [2.05, 4.69) is 22.5 Å². The van der Waals surface area contributed by atoms with Crippen LogP contribution in [0.5, 0.6) is 6.01 Å². The molecule has 0 bridgehead atoms. The Morgan fingerprint density at radius 2 is 1.95 bits per heavy atom. The van der Waals surface area contributed by atoms with Gasteiger partial charge in [0.1, 0.15) is 36.2 Å². The number of nitrogens with zero attached hydrogens (tertiary/aromatic N) is 6. The lowest BCUT2D eigenvalue weighted by atomic mass is 9.85. The summed E-state index contributed by atoms with van der Waals surface area (Å²) in [6, 6.07) is 2.02. The minimum Gasteiger partial charge on any atom is -0.462 e. The monoisotopic (exact) mass is 568 g/mol. The van der Waals surface area contributed by atoms with Crippen molar-refractivity contribution in [1.82, 2.24) is 19.8 Å². The number of nitriles is 1. The molecule has 2 aliphatic heterocycles. The van der Waals surface area contributed by atoms with Crippen LogP contribution in [0.4, 0.5) is 10.6 Å². The number of ether oxygens (including phenoxy) is 3. The van der Waals surface area contributed by atoms with Crippen molar-refractivity contribution in [3.63, 3.8) is 0 Å². The van der Waals surface area contributed by atoms with E-state index in [1.54, 1.807) is 25.7 Å². The van der Waals surface area contributed by atoms with Gasteiger partial charge in [0.05, 0.1) is 18.5 Å². The smallest absolute Gasteiger partial charge is 0.410 e. The van der Waals surface area contributed by atoms with Gasteiger partial charge in [-0.25, -0.2) is 4.79 Å². The lowest BCUT2D eigenvalue weighted by molar-refractivity contribution is -0.145. The zero-order chi connectivity index (χ0) is 29.7. The van der Waals surface area contributed by atoms with Crippen LogP contribution in [0, 0.1) is 17.2 Å². The summed E-state index contributed by atoms with van der Waals surface area (Å²) >= 11 is 0. The van der Waals surface area contributed by atoms with Crippen molar-refractivity contribution >= 4 is 23.7 Å². The molecule has 1 amide bonds. The number of likely N-dealkylation sites (N-methyl/N-ethyl adjacent to an activating group) is 1. The molecule has 2 saturated heterocycles. The van der Waals surface area contributed by atoms with Crippen molar-refractivity contribution in [2.75, 3.05) is 51.3 Å². The van der Waals surface area contributed by atoms with Gasteiger partial charge < -0.3 is 28.9 Å². The highest BCUT2D eigenvalue weighted by Crippen LogP contribution is 2.34. The molecule has 1 aromatic rings. The van der Waals surface area contributed by atoms with E-state index in [1.165, 1.54) is 6.08 Å². The zero-order valence-electron chi connectivity index (χ0n) is 24.4. The second kappa shape index (κ2) is 12.9. The molecule has 3 atom stereocenters. The minimum atomic E-state index is -0.964. The van der Waals surface area contributed by atoms with Crippen molar-refractivity contribution in [2.45, 2.75) is 70.6 Å². The third-order valence-electron chi connectivity index (χ3n) is 7.64. The highest BCUT2D eigenvalue weighted by atomic mass is 16.6. The van der Waals surface area contributed by atoms with Crippen molar-refractivity contribution in [1.29, 1.82) is 5.26 Å². The van der Waals surface area contributed by atoms with E-state index in [4.69, 9.17) is 19.2 Å². The van der Waals surface area contributed by atoms with Gasteiger partial charge >= 0.3 is 18.1 Å². The minimum absolute atomic E-state index is 0.0238. The molecule has 3 unspecified atom stereocenters. The van der Waals surface area contributed by atoms with Gasteiger partial charge in [-0.15, -0.1) is 0 Å². The molecule has 12 heteroatoms. The van der Waals surface area contributed by atoms with Crippen molar-refractivity contribution < 1.29 is 28.6 Å². The predicted octanol–water partition coefficient (Wildman–Crippen LogP) is 2.76. The first-order valence-electron chi connectivity index (χ1n) is 14.2. The number of piperazine rings is 1. The van der Waals surface area contributed by atoms with Gasteiger partial charge in [0.25, 0.3) is 0 Å². The van der Waals surface area contributed by atoms with Crippen LogP contribution in [0.1, 0.15) is 62.5 Å². The summed E-state index contributed by atoms with van der Waals surface area (Å²) in [5.74, 6) is -1.46. The van der Waals surface area contributed by atoms with Gasteiger partial charge in [-0.2, -0.15) is 15.2 Å². The molecule has 0 saturated carbocycles. The van der Waals surface area contributed by atoms with Crippen molar-refractivity contribution in [3.8, 4) is 12.1 Å². The molecule has 222 valence electrons. The molecular weight excluding hydrogens is 528 g/mol. The lowest BCUT2D eigenvalue weighted by Crippen LogP contribution is -2.56. The predicted molar refractivity (Wildman–Crippen MR) is 150 cm³/mol. The second-order valence-electron chi connectivity index (χ2n) is 11.8. The molecule has 1 aliphatic carbocycles. The summed E-state index contributed by atoms with van der Waals surface area (Å²) in [5.41, 5.74) is 0.123. The first-order chi connectivity index (χ1) is 19.5. The van der Waals surface area contributed by atoms with Crippen LogP contribution < -0.4 is 9.64 Å². The highest BCUT2D eigenvalue weighted by Gasteiger charge is 2.40.